The lowest BCUT2D eigenvalue weighted by Gasteiger charge is -2.22. The van der Waals surface area contributed by atoms with Crippen LogP contribution in [0.5, 0.6) is 0 Å². The average molecular weight is 212 g/mol. The van der Waals surface area contributed by atoms with Gasteiger partial charge in [-0.2, -0.15) is 0 Å². The molecule has 1 aliphatic heterocycles. The predicted octanol–water partition coefficient (Wildman–Crippen LogP) is 3.71. The van der Waals surface area contributed by atoms with Gasteiger partial charge in [-0.3, -0.25) is 0 Å². The molecule has 3 rings (SSSR count). The van der Waals surface area contributed by atoms with Gasteiger partial charge in [0.2, 0.25) is 0 Å². The number of fused-ring (bicyclic) bond motifs is 2. The van der Waals surface area contributed by atoms with E-state index in [1.54, 1.807) is 0 Å². The van der Waals surface area contributed by atoms with E-state index in [0.29, 0.717) is 0 Å². The topological polar surface area (TPSA) is 0 Å². The molecule has 0 bridgehead atoms. The van der Waals surface area contributed by atoms with Crippen molar-refractivity contribution in [1.82, 2.24) is 0 Å². The molecule has 74 valence electrons. The molecule has 1 aliphatic rings. The van der Waals surface area contributed by atoms with Crippen molar-refractivity contribution in [1.29, 1.82) is 0 Å². The molecule has 0 N–H and O–H groups in total. The molecule has 0 fully saturated rings. The molecule has 0 radical (unpaired) electrons. The van der Waals surface area contributed by atoms with Crippen LogP contribution in [0.25, 0.3) is 0 Å². The fourth-order valence-electron chi connectivity index (χ4n) is 2.10. The van der Waals surface area contributed by atoms with Crippen LogP contribution in [0.2, 0.25) is 0 Å². The van der Waals surface area contributed by atoms with Crippen molar-refractivity contribution in [3.05, 3.63) is 59.7 Å². The van der Waals surface area contributed by atoms with Crippen LogP contribution in [0.1, 0.15) is 11.1 Å². The highest BCUT2D eigenvalue weighted by atomic mass is 32.2. The molecule has 2 aromatic carbocycles. The van der Waals surface area contributed by atoms with Crippen molar-refractivity contribution in [3.8, 4) is 0 Å². The Morgan fingerprint density at radius 3 is 1.80 bits per heavy atom. The van der Waals surface area contributed by atoms with E-state index in [1.165, 1.54) is 20.9 Å². The van der Waals surface area contributed by atoms with Gasteiger partial charge in [-0.25, -0.2) is 0 Å². The Balaban J connectivity index is 2.24. The molecule has 0 aliphatic carbocycles. The Bertz CT molecular complexity index is 493. The Kier molecular flexibility index (Phi) is 2.00. The van der Waals surface area contributed by atoms with Crippen molar-refractivity contribution in [2.24, 2.45) is 0 Å². The van der Waals surface area contributed by atoms with Crippen LogP contribution in [0.15, 0.2) is 58.3 Å². The van der Waals surface area contributed by atoms with Gasteiger partial charge in [0.15, 0.2) is 0 Å². The summed E-state index contributed by atoms with van der Waals surface area (Å²) in [5.41, 5.74) is 2.88. The van der Waals surface area contributed by atoms with Gasteiger partial charge in [0.1, 0.15) is 0 Å². The molecule has 15 heavy (non-hydrogen) atoms. The number of hydrogen-bond donors (Lipinski definition) is 0. The quantitative estimate of drug-likeness (QED) is 0.498. The summed E-state index contributed by atoms with van der Waals surface area (Å²) < 4.78 is 0. The molecule has 0 saturated heterocycles. The second kappa shape index (κ2) is 3.35. The summed E-state index contributed by atoms with van der Waals surface area (Å²) in [6.07, 6.45) is 1.06. The van der Waals surface area contributed by atoms with Crippen molar-refractivity contribution in [2.45, 2.75) is 16.2 Å². The minimum Gasteiger partial charge on any atom is -0.130 e. The molecule has 0 unspecified atom stereocenters. The summed E-state index contributed by atoms with van der Waals surface area (Å²) in [5, 5.41) is 0. The zero-order valence-corrected chi connectivity index (χ0v) is 9.26. The summed E-state index contributed by atoms with van der Waals surface area (Å²) in [6, 6.07) is 17.3. The standard InChI is InChI=1S/C14H12S/c1-15-13-8-4-2-6-11(13)10-12-7-3-5-9-14(12)15/h2-9H,1,10H2. The lowest BCUT2D eigenvalue weighted by atomic mass is 10.0. The maximum Gasteiger partial charge on any atom is 0.00918 e. The Labute approximate surface area is 92.5 Å². The fourth-order valence-corrected chi connectivity index (χ4v) is 3.74. The minimum absolute atomic E-state index is 0.00992. The first kappa shape index (κ1) is 8.93. The smallest absolute Gasteiger partial charge is 0.00918 e. The summed E-state index contributed by atoms with van der Waals surface area (Å²) >= 11 is 0. The third kappa shape index (κ3) is 1.35. The first-order chi connectivity index (χ1) is 7.36. The summed E-state index contributed by atoms with van der Waals surface area (Å²) in [5.74, 6) is 4.31. The highest BCUT2D eigenvalue weighted by Crippen LogP contribution is 2.43. The highest BCUT2D eigenvalue weighted by Gasteiger charge is 2.16. The van der Waals surface area contributed by atoms with E-state index < -0.39 is 0 Å². The molecule has 0 nitrogen and oxygen atoms in total. The van der Waals surface area contributed by atoms with E-state index in [9.17, 15) is 0 Å². The molecule has 2 aromatic rings. The SMILES string of the molecule is C=S1c2ccccc2Cc2ccccc21. The van der Waals surface area contributed by atoms with E-state index in [1.807, 2.05) is 0 Å². The van der Waals surface area contributed by atoms with Crippen molar-refractivity contribution in [2.75, 3.05) is 0 Å². The first-order valence-electron chi connectivity index (χ1n) is 5.06. The zero-order valence-electron chi connectivity index (χ0n) is 8.44. The van der Waals surface area contributed by atoms with Crippen LogP contribution in [-0.2, 0) is 6.42 Å². The summed E-state index contributed by atoms with van der Waals surface area (Å²) in [7, 11) is 0.00992. The van der Waals surface area contributed by atoms with Crippen LogP contribution >= 0.6 is 10.5 Å². The van der Waals surface area contributed by atoms with Gasteiger partial charge in [0, 0.05) is 9.79 Å². The lowest BCUT2D eigenvalue weighted by Crippen LogP contribution is -2.00. The highest BCUT2D eigenvalue weighted by molar-refractivity contribution is 8.14. The maximum absolute atomic E-state index is 4.31. The molecule has 0 atom stereocenters. The number of hydrogen-bond acceptors (Lipinski definition) is 0. The monoisotopic (exact) mass is 212 g/mol. The van der Waals surface area contributed by atoms with Gasteiger partial charge in [-0.1, -0.05) is 42.3 Å². The Morgan fingerprint density at radius 1 is 0.800 bits per heavy atom. The normalized spacial score (nSPS) is 14.4. The molecule has 1 heteroatoms. The van der Waals surface area contributed by atoms with E-state index in [2.05, 4.69) is 54.4 Å². The molecule has 0 aromatic heterocycles. The van der Waals surface area contributed by atoms with Gasteiger partial charge in [0.05, 0.1) is 0 Å². The van der Waals surface area contributed by atoms with Gasteiger partial charge in [-0.15, -0.1) is 10.5 Å². The third-order valence-electron chi connectivity index (χ3n) is 2.86. The van der Waals surface area contributed by atoms with Crippen LogP contribution < -0.4 is 0 Å². The third-order valence-corrected chi connectivity index (χ3v) is 4.72. The second-order valence-electron chi connectivity index (χ2n) is 3.78. The van der Waals surface area contributed by atoms with Crippen LogP contribution in [0.3, 0.4) is 0 Å². The Morgan fingerprint density at radius 2 is 1.27 bits per heavy atom. The molecule has 0 spiro atoms. The fraction of sp³-hybridized carbons (Fsp3) is 0.0714. The first-order valence-corrected chi connectivity index (χ1v) is 6.45. The van der Waals surface area contributed by atoms with Gasteiger partial charge >= 0.3 is 0 Å². The minimum atomic E-state index is 0.00992. The maximum atomic E-state index is 4.31. The molecule has 1 heterocycles. The lowest BCUT2D eigenvalue weighted by molar-refractivity contribution is 1.05. The predicted molar refractivity (Wildman–Crippen MR) is 66.9 cm³/mol. The van der Waals surface area contributed by atoms with Crippen LogP contribution in [-0.4, -0.2) is 5.87 Å². The van der Waals surface area contributed by atoms with E-state index in [4.69, 9.17) is 0 Å². The summed E-state index contributed by atoms with van der Waals surface area (Å²) in [4.78, 5) is 2.83. The second-order valence-corrected chi connectivity index (χ2v) is 5.44. The van der Waals surface area contributed by atoms with Crippen LogP contribution in [0.4, 0.5) is 0 Å². The van der Waals surface area contributed by atoms with Crippen LogP contribution in [0, 0.1) is 0 Å². The van der Waals surface area contributed by atoms with Crippen molar-refractivity contribution < 1.29 is 0 Å². The van der Waals surface area contributed by atoms with E-state index in [0.717, 1.165) is 6.42 Å². The molecule has 0 amide bonds. The largest absolute Gasteiger partial charge is 0.130 e. The number of rotatable bonds is 0. The molecule has 0 saturated carbocycles. The van der Waals surface area contributed by atoms with Gasteiger partial charge < -0.3 is 0 Å². The van der Waals surface area contributed by atoms with Gasteiger partial charge in [0.25, 0.3) is 0 Å². The van der Waals surface area contributed by atoms with Crippen molar-refractivity contribution in [3.63, 3.8) is 0 Å². The van der Waals surface area contributed by atoms with Crippen molar-refractivity contribution >= 4 is 16.4 Å². The molecular weight excluding hydrogens is 200 g/mol. The van der Waals surface area contributed by atoms with E-state index in [-0.39, 0.29) is 10.5 Å². The zero-order chi connectivity index (χ0) is 10.3. The number of benzene rings is 2. The summed E-state index contributed by atoms with van der Waals surface area (Å²) in [6.45, 7) is 0. The molecular formula is C14H12S. The van der Waals surface area contributed by atoms with Gasteiger partial charge in [-0.05, 0) is 29.7 Å². The Hall–Kier alpha value is -1.34. The average Bonchev–Trinajstić information content (AvgIpc) is 2.30. The van der Waals surface area contributed by atoms with E-state index >= 15 is 0 Å².